The van der Waals surface area contributed by atoms with Crippen molar-refractivity contribution in [1.82, 2.24) is 9.78 Å². The number of alkyl halides is 3. The highest BCUT2D eigenvalue weighted by Crippen LogP contribution is 2.34. The van der Waals surface area contributed by atoms with Crippen molar-refractivity contribution >= 4 is 28.5 Å². The summed E-state index contributed by atoms with van der Waals surface area (Å²) in [5.74, 6) is 0. The fourth-order valence-electron chi connectivity index (χ4n) is 1.04. The van der Waals surface area contributed by atoms with Gasteiger partial charge in [-0.25, -0.2) is 5.10 Å². The predicted molar refractivity (Wildman–Crippen MR) is 44.6 cm³/mol. The first-order valence-corrected chi connectivity index (χ1v) is 4.34. The van der Waals surface area contributed by atoms with Crippen LogP contribution in [0.3, 0.4) is 0 Å². The lowest BCUT2D eigenvalue weighted by Gasteiger charge is -2.11. The largest absolute Gasteiger partial charge is 0.530 e. The molecule has 0 aliphatic carbocycles. The molecule has 0 saturated carbocycles. The molecule has 10 heteroatoms. The SMILES string of the molecule is Cn1nc([B-](F)(F)F)c(Br)c1C(F)(F)F. The van der Waals surface area contributed by atoms with Gasteiger partial charge in [0.2, 0.25) is 0 Å². The van der Waals surface area contributed by atoms with E-state index in [0.29, 0.717) is 0 Å². The highest BCUT2D eigenvalue weighted by Gasteiger charge is 2.42. The summed E-state index contributed by atoms with van der Waals surface area (Å²) in [5.41, 5.74) is -2.97. The van der Waals surface area contributed by atoms with Crippen LogP contribution in [0.4, 0.5) is 26.1 Å². The van der Waals surface area contributed by atoms with E-state index in [1.165, 1.54) is 0 Å². The average molecular weight is 296 g/mol. The summed E-state index contributed by atoms with van der Waals surface area (Å²) >= 11 is 2.27. The van der Waals surface area contributed by atoms with Crippen LogP contribution in [-0.4, -0.2) is 16.8 Å². The van der Waals surface area contributed by atoms with E-state index in [-0.39, 0.29) is 4.68 Å². The zero-order valence-electron chi connectivity index (χ0n) is 7.12. The molecule has 0 spiro atoms. The number of hydrogen-bond donors (Lipinski definition) is 0. The summed E-state index contributed by atoms with van der Waals surface area (Å²) in [6.07, 6.45) is -4.87. The summed E-state index contributed by atoms with van der Waals surface area (Å²) in [7, 11) is 0.804. The maximum Gasteiger partial charge on any atom is 0.530 e. The second kappa shape index (κ2) is 3.43. The molecule has 0 N–H and O–H groups in total. The number of nitrogens with zero attached hydrogens (tertiary/aromatic N) is 2. The van der Waals surface area contributed by atoms with Crippen molar-refractivity contribution in [3.8, 4) is 0 Å². The summed E-state index contributed by atoms with van der Waals surface area (Å²) < 4.78 is 72.5. The number of halogens is 7. The molecule has 1 aromatic heterocycles. The molecular formula is C5H3BBrF6N2-. The molecule has 0 saturated heterocycles. The molecule has 2 nitrogen and oxygen atoms in total. The Morgan fingerprint density at radius 3 is 1.93 bits per heavy atom. The van der Waals surface area contributed by atoms with Gasteiger partial charge in [-0.15, -0.1) is 0 Å². The average Bonchev–Trinajstić information content (AvgIpc) is 2.22. The Bertz CT molecular complexity index is 380. The zero-order valence-corrected chi connectivity index (χ0v) is 8.70. The molecule has 1 aromatic rings. The molecule has 1 rings (SSSR count). The number of hydrogen-bond acceptors (Lipinski definition) is 1. The van der Waals surface area contributed by atoms with Gasteiger partial charge in [0, 0.05) is 17.1 Å². The quantitative estimate of drug-likeness (QED) is 0.574. The standard InChI is InChI=1S/C5H3BBrF6N2/c1-15-3(5(8,9)10)2(7)4(14-15)6(11,12)13/h1H3/q-1. The summed E-state index contributed by atoms with van der Waals surface area (Å²) in [5, 5.41) is 2.80. The number of aromatic nitrogens is 2. The highest BCUT2D eigenvalue weighted by molar-refractivity contribution is 9.10. The van der Waals surface area contributed by atoms with Crippen LogP contribution in [0.2, 0.25) is 0 Å². The molecule has 86 valence electrons. The Hall–Kier alpha value is -0.665. The molecule has 0 unspecified atom stereocenters. The van der Waals surface area contributed by atoms with Crippen LogP contribution >= 0.6 is 15.9 Å². The minimum Gasteiger partial charge on any atom is -0.444 e. The van der Waals surface area contributed by atoms with E-state index in [1.54, 1.807) is 0 Å². The second-order valence-corrected chi connectivity index (χ2v) is 3.54. The molecule has 1 heterocycles. The van der Waals surface area contributed by atoms with Gasteiger partial charge in [-0.05, 0) is 15.9 Å². The van der Waals surface area contributed by atoms with E-state index in [9.17, 15) is 26.1 Å². The molecule has 0 radical (unpaired) electrons. The maximum absolute atomic E-state index is 12.3. The van der Waals surface area contributed by atoms with Gasteiger partial charge in [-0.3, -0.25) is 4.68 Å². The van der Waals surface area contributed by atoms with E-state index in [2.05, 4.69) is 21.0 Å². The van der Waals surface area contributed by atoms with E-state index in [4.69, 9.17) is 0 Å². The first-order valence-electron chi connectivity index (χ1n) is 3.54. The van der Waals surface area contributed by atoms with Gasteiger partial charge in [-0.1, -0.05) is 0 Å². The lowest BCUT2D eigenvalue weighted by Crippen LogP contribution is -2.36. The maximum atomic E-state index is 12.3. The van der Waals surface area contributed by atoms with Gasteiger partial charge >= 0.3 is 13.2 Å². The van der Waals surface area contributed by atoms with Crippen LogP contribution in [0.15, 0.2) is 4.47 Å². The minimum absolute atomic E-state index is 0.161. The van der Waals surface area contributed by atoms with Gasteiger partial charge in [0.25, 0.3) is 0 Å². The molecule has 0 aromatic carbocycles. The van der Waals surface area contributed by atoms with Crippen molar-refractivity contribution in [2.24, 2.45) is 7.05 Å². The third kappa shape index (κ3) is 2.29. The predicted octanol–water partition coefficient (Wildman–Crippen LogP) is 2.26. The Balaban J connectivity index is 3.41. The van der Waals surface area contributed by atoms with Gasteiger partial charge in [0.1, 0.15) is 0 Å². The lowest BCUT2D eigenvalue weighted by atomic mass is 9.86. The Labute approximate surface area is 88.4 Å². The molecule has 0 aliphatic heterocycles. The zero-order chi connectivity index (χ0) is 12.0. The monoisotopic (exact) mass is 295 g/mol. The summed E-state index contributed by atoms with van der Waals surface area (Å²) in [6, 6.07) is 0. The topological polar surface area (TPSA) is 17.8 Å². The van der Waals surface area contributed by atoms with Crippen molar-refractivity contribution in [2.45, 2.75) is 6.18 Å². The van der Waals surface area contributed by atoms with Crippen molar-refractivity contribution in [3.05, 3.63) is 10.2 Å². The fourth-order valence-corrected chi connectivity index (χ4v) is 1.86. The van der Waals surface area contributed by atoms with E-state index in [0.717, 1.165) is 7.05 Å². The summed E-state index contributed by atoms with van der Waals surface area (Å²) in [4.78, 5) is 0. The Morgan fingerprint density at radius 2 is 1.73 bits per heavy atom. The molecule has 15 heavy (non-hydrogen) atoms. The van der Waals surface area contributed by atoms with Crippen molar-refractivity contribution in [3.63, 3.8) is 0 Å². The normalized spacial score (nSPS) is 13.3. The Morgan fingerprint density at radius 1 is 1.27 bits per heavy atom. The molecule has 0 amide bonds. The van der Waals surface area contributed by atoms with Crippen LogP contribution in [-0.2, 0) is 13.2 Å². The molecule has 0 bridgehead atoms. The Kier molecular flexibility index (Phi) is 2.83. The molecular weight excluding hydrogens is 293 g/mol. The first-order chi connectivity index (χ1) is 6.55. The van der Waals surface area contributed by atoms with E-state index >= 15 is 0 Å². The first kappa shape index (κ1) is 12.4. The minimum atomic E-state index is -5.56. The van der Waals surface area contributed by atoms with E-state index < -0.39 is 28.9 Å². The highest BCUT2D eigenvalue weighted by atomic mass is 79.9. The van der Waals surface area contributed by atoms with Gasteiger partial charge in [0.05, 0.1) is 0 Å². The van der Waals surface area contributed by atoms with Gasteiger partial charge in [-0.2, -0.15) is 13.2 Å². The number of rotatable bonds is 1. The van der Waals surface area contributed by atoms with Crippen LogP contribution in [0.5, 0.6) is 0 Å². The molecule has 0 atom stereocenters. The van der Waals surface area contributed by atoms with E-state index in [1.807, 2.05) is 0 Å². The molecule has 0 aliphatic rings. The van der Waals surface area contributed by atoms with Crippen molar-refractivity contribution in [1.29, 1.82) is 0 Å². The van der Waals surface area contributed by atoms with Crippen LogP contribution < -0.4 is 5.59 Å². The molecule has 0 fully saturated rings. The second-order valence-electron chi connectivity index (χ2n) is 2.74. The van der Waals surface area contributed by atoms with Crippen LogP contribution in [0.25, 0.3) is 0 Å². The van der Waals surface area contributed by atoms with Crippen molar-refractivity contribution < 1.29 is 26.1 Å². The van der Waals surface area contributed by atoms with Crippen molar-refractivity contribution in [2.75, 3.05) is 0 Å². The van der Waals surface area contributed by atoms with Crippen LogP contribution in [0.1, 0.15) is 5.69 Å². The lowest BCUT2D eigenvalue weighted by molar-refractivity contribution is -0.144. The third-order valence-electron chi connectivity index (χ3n) is 1.59. The van der Waals surface area contributed by atoms with Crippen LogP contribution in [0, 0.1) is 0 Å². The van der Waals surface area contributed by atoms with Gasteiger partial charge in [0.15, 0.2) is 5.69 Å². The van der Waals surface area contributed by atoms with Gasteiger partial charge < -0.3 is 12.9 Å². The smallest absolute Gasteiger partial charge is 0.444 e. The third-order valence-corrected chi connectivity index (χ3v) is 2.37. The fraction of sp³-hybridized carbons (Fsp3) is 0.400. The number of aryl methyl sites for hydroxylation is 1. The summed E-state index contributed by atoms with van der Waals surface area (Å²) in [6.45, 7) is -5.56.